The molecule has 2 heterocycles. The summed E-state index contributed by atoms with van der Waals surface area (Å²) < 4.78 is 0. The molecule has 1 aromatic carbocycles. The van der Waals surface area contributed by atoms with Gasteiger partial charge in [0.05, 0.1) is 6.04 Å². The van der Waals surface area contributed by atoms with E-state index in [1.165, 1.54) is 24.8 Å². The van der Waals surface area contributed by atoms with E-state index in [4.69, 9.17) is 0 Å². The smallest absolute Gasteiger partial charge is 0.250 e. The summed E-state index contributed by atoms with van der Waals surface area (Å²) in [5.41, 5.74) is 2.25. The Balaban J connectivity index is 1.39. The second-order valence-corrected chi connectivity index (χ2v) is 8.38. The van der Waals surface area contributed by atoms with E-state index >= 15 is 0 Å². The van der Waals surface area contributed by atoms with Crippen LogP contribution < -0.4 is 15.5 Å². The Kier molecular flexibility index (Phi) is 6.10. The van der Waals surface area contributed by atoms with Gasteiger partial charge in [-0.15, -0.1) is 0 Å². The molecule has 1 aliphatic carbocycles. The monoisotopic (exact) mass is 381 g/mol. The summed E-state index contributed by atoms with van der Waals surface area (Å²) >= 11 is 0. The second-order valence-electron chi connectivity index (χ2n) is 8.38. The van der Waals surface area contributed by atoms with Gasteiger partial charge in [0.15, 0.2) is 0 Å². The first-order valence-electron chi connectivity index (χ1n) is 10.8. The fourth-order valence-corrected chi connectivity index (χ4v) is 4.49. The third kappa shape index (κ3) is 4.46. The van der Waals surface area contributed by atoms with Crippen molar-refractivity contribution in [2.75, 3.05) is 18.0 Å². The first-order chi connectivity index (χ1) is 13.7. The Labute approximate surface area is 167 Å². The Hall–Kier alpha value is -2.14. The number of carbonyl (C=O) groups excluding carboxylic acids is 2. The van der Waals surface area contributed by atoms with E-state index in [0.717, 1.165) is 50.9 Å². The van der Waals surface area contributed by atoms with Crippen LogP contribution >= 0.6 is 0 Å². The van der Waals surface area contributed by atoms with Crippen LogP contribution in [0.4, 0.5) is 5.69 Å². The molecule has 1 saturated heterocycles. The number of nitrogens with one attached hydrogen (secondary N) is 2. The van der Waals surface area contributed by atoms with Crippen LogP contribution in [0.2, 0.25) is 0 Å². The molecule has 4 rings (SSSR count). The molecule has 1 unspecified atom stereocenters. The van der Waals surface area contributed by atoms with E-state index < -0.39 is 0 Å². The average molecular weight is 382 g/mol. The zero-order valence-corrected chi connectivity index (χ0v) is 16.5. The Morgan fingerprint density at radius 3 is 2.79 bits per heavy atom. The lowest BCUT2D eigenvalue weighted by atomic mass is 9.80. The quantitative estimate of drug-likeness (QED) is 0.745. The minimum absolute atomic E-state index is 0.00796. The third-order valence-electron chi connectivity index (χ3n) is 6.39. The summed E-state index contributed by atoms with van der Waals surface area (Å²) in [5.74, 6) is 0.748. The predicted molar refractivity (Wildman–Crippen MR) is 111 cm³/mol. The first-order valence-corrected chi connectivity index (χ1v) is 10.8. The van der Waals surface area contributed by atoms with Gasteiger partial charge in [-0.1, -0.05) is 50.0 Å². The maximum Gasteiger partial charge on any atom is 0.250 e. The number of hydrogen-bond donors (Lipinski definition) is 2. The van der Waals surface area contributed by atoms with Crippen molar-refractivity contribution >= 4 is 17.5 Å². The van der Waals surface area contributed by atoms with Crippen molar-refractivity contribution in [3.63, 3.8) is 0 Å². The molecule has 2 aliphatic heterocycles. The summed E-state index contributed by atoms with van der Waals surface area (Å²) in [7, 11) is 0. The molecular weight excluding hydrogens is 350 g/mol. The van der Waals surface area contributed by atoms with Gasteiger partial charge in [0.1, 0.15) is 0 Å². The lowest BCUT2D eigenvalue weighted by molar-refractivity contribution is -0.124. The van der Waals surface area contributed by atoms with Gasteiger partial charge in [-0.3, -0.25) is 9.59 Å². The summed E-state index contributed by atoms with van der Waals surface area (Å²) in [6.07, 6.45) is 12.3. The second kappa shape index (κ2) is 8.91. The van der Waals surface area contributed by atoms with Crippen LogP contribution in [-0.4, -0.2) is 37.0 Å². The van der Waals surface area contributed by atoms with Gasteiger partial charge in [0, 0.05) is 24.4 Å². The first kappa shape index (κ1) is 19.2. The molecule has 28 heavy (non-hydrogen) atoms. The molecule has 2 N–H and O–H groups in total. The number of amides is 2. The maximum atomic E-state index is 12.8. The van der Waals surface area contributed by atoms with Gasteiger partial charge < -0.3 is 15.5 Å². The molecular formula is C23H31N3O2. The van der Waals surface area contributed by atoms with E-state index in [2.05, 4.69) is 16.7 Å². The maximum absolute atomic E-state index is 12.8. The molecule has 0 aromatic heterocycles. The predicted octanol–water partition coefficient (Wildman–Crippen LogP) is 2.95. The molecule has 5 nitrogen and oxygen atoms in total. The molecule has 2 amide bonds. The highest BCUT2D eigenvalue weighted by Gasteiger charge is 2.27. The lowest BCUT2D eigenvalue weighted by Crippen LogP contribution is -2.49. The summed E-state index contributed by atoms with van der Waals surface area (Å²) in [4.78, 5) is 27.3. The van der Waals surface area contributed by atoms with Gasteiger partial charge in [-0.25, -0.2) is 0 Å². The SMILES string of the molecule is O=C(N[C@H](/C=C/C(=O)N1CCc2ccccc21)CC1CCC1)C1CCCCN1. The number of hydrogen-bond acceptors (Lipinski definition) is 3. The standard InChI is InChI=1S/C23H31N3O2/c27-22(26-15-13-18-8-1-2-10-21(18)26)12-11-19(16-17-6-5-7-17)25-23(28)20-9-3-4-14-24-20/h1-2,8,10-12,17,19-20,24H,3-7,9,13-16H2,(H,25,28)/b12-11+/t19-,20?/m1/s1. The van der Waals surface area contributed by atoms with Crippen molar-refractivity contribution in [1.29, 1.82) is 0 Å². The molecule has 1 aromatic rings. The zero-order valence-electron chi connectivity index (χ0n) is 16.5. The van der Waals surface area contributed by atoms with E-state index in [0.29, 0.717) is 5.92 Å². The molecule has 0 bridgehead atoms. The van der Waals surface area contributed by atoms with Gasteiger partial charge in [0.2, 0.25) is 5.91 Å². The van der Waals surface area contributed by atoms with Crippen LogP contribution in [0.3, 0.4) is 0 Å². The van der Waals surface area contributed by atoms with Crippen molar-refractivity contribution in [2.24, 2.45) is 5.92 Å². The Bertz CT molecular complexity index is 735. The molecule has 0 spiro atoms. The van der Waals surface area contributed by atoms with Gasteiger partial charge in [-0.2, -0.15) is 0 Å². The molecule has 3 aliphatic rings. The molecule has 2 atom stereocenters. The van der Waals surface area contributed by atoms with Crippen LogP contribution in [0, 0.1) is 5.92 Å². The topological polar surface area (TPSA) is 61.4 Å². The minimum Gasteiger partial charge on any atom is -0.349 e. The molecule has 150 valence electrons. The highest BCUT2D eigenvalue weighted by Crippen LogP contribution is 2.31. The number of anilines is 1. The Morgan fingerprint density at radius 1 is 1.18 bits per heavy atom. The van der Waals surface area contributed by atoms with E-state index in [1.807, 2.05) is 29.2 Å². The Morgan fingerprint density at radius 2 is 2.04 bits per heavy atom. The lowest BCUT2D eigenvalue weighted by Gasteiger charge is -2.30. The fourth-order valence-electron chi connectivity index (χ4n) is 4.49. The normalized spacial score (nSPS) is 23.3. The minimum atomic E-state index is -0.0906. The molecule has 5 heteroatoms. The number of carbonyl (C=O) groups is 2. The highest BCUT2D eigenvalue weighted by molar-refractivity contribution is 6.03. The third-order valence-corrected chi connectivity index (χ3v) is 6.39. The average Bonchev–Trinajstić information content (AvgIpc) is 3.13. The van der Waals surface area contributed by atoms with Crippen LogP contribution in [0.1, 0.15) is 50.5 Å². The number of benzene rings is 1. The van der Waals surface area contributed by atoms with Crippen molar-refractivity contribution in [3.05, 3.63) is 42.0 Å². The zero-order chi connectivity index (χ0) is 19.3. The molecule has 0 radical (unpaired) electrons. The van der Waals surface area contributed by atoms with Crippen molar-refractivity contribution in [2.45, 2.75) is 63.5 Å². The van der Waals surface area contributed by atoms with Crippen molar-refractivity contribution < 1.29 is 9.59 Å². The van der Waals surface area contributed by atoms with Crippen molar-refractivity contribution in [3.8, 4) is 0 Å². The van der Waals surface area contributed by atoms with E-state index in [9.17, 15) is 9.59 Å². The number of para-hydroxylation sites is 1. The van der Waals surface area contributed by atoms with Gasteiger partial charge >= 0.3 is 0 Å². The molecule has 2 fully saturated rings. The number of piperidine rings is 1. The van der Waals surface area contributed by atoms with Crippen LogP contribution in [0.5, 0.6) is 0 Å². The van der Waals surface area contributed by atoms with E-state index in [1.54, 1.807) is 6.08 Å². The summed E-state index contributed by atoms with van der Waals surface area (Å²) in [6.45, 7) is 1.64. The van der Waals surface area contributed by atoms with Crippen LogP contribution in [-0.2, 0) is 16.0 Å². The highest BCUT2D eigenvalue weighted by atomic mass is 16.2. The van der Waals surface area contributed by atoms with E-state index in [-0.39, 0.29) is 23.9 Å². The number of rotatable bonds is 6. The summed E-state index contributed by atoms with van der Waals surface area (Å²) in [6, 6.07) is 7.94. The number of fused-ring (bicyclic) bond motifs is 1. The van der Waals surface area contributed by atoms with Gasteiger partial charge in [0.25, 0.3) is 5.91 Å². The van der Waals surface area contributed by atoms with Crippen LogP contribution in [0.25, 0.3) is 0 Å². The number of nitrogens with zero attached hydrogens (tertiary/aromatic N) is 1. The van der Waals surface area contributed by atoms with Crippen LogP contribution in [0.15, 0.2) is 36.4 Å². The van der Waals surface area contributed by atoms with Gasteiger partial charge in [-0.05, 0) is 49.8 Å². The molecule has 1 saturated carbocycles. The fraction of sp³-hybridized carbons (Fsp3) is 0.565. The van der Waals surface area contributed by atoms with Crippen molar-refractivity contribution in [1.82, 2.24) is 10.6 Å². The largest absolute Gasteiger partial charge is 0.349 e. The summed E-state index contributed by atoms with van der Waals surface area (Å²) in [5, 5.41) is 6.51.